The number of hydrogen-bond donors (Lipinski definition) is 2. The molecule has 1 aromatic rings. The lowest BCUT2D eigenvalue weighted by Gasteiger charge is -2.28. The van der Waals surface area contributed by atoms with Gasteiger partial charge in [-0.2, -0.15) is 0 Å². The maximum absolute atomic E-state index is 9.99. The van der Waals surface area contributed by atoms with Gasteiger partial charge in [-0.3, -0.25) is 4.90 Å². The molecule has 0 aliphatic carbocycles. The number of nitrogens with zero attached hydrogens (tertiary/aromatic N) is 1. The van der Waals surface area contributed by atoms with Crippen molar-refractivity contribution in [1.82, 2.24) is 10.2 Å². The summed E-state index contributed by atoms with van der Waals surface area (Å²) in [5, 5.41) is 13.3. The molecule has 16 heavy (non-hydrogen) atoms. The van der Waals surface area contributed by atoms with Crippen molar-refractivity contribution in [3.05, 3.63) is 20.8 Å². The molecule has 1 fully saturated rings. The van der Waals surface area contributed by atoms with E-state index in [2.05, 4.69) is 32.2 Å². The first-order valence-electron chi connectivity index (χ1n) is 5.59. The Morgan fingerprint density at radius 2 is 2.19 bits per heavy atom. The minimum absolute atomic E-state index is 0.247. The quantitative estimate of drug-likeness (QED) is 0.881. The first kappa shape index (κ1) is 12.5. The molecule has 90 valence electrons. The summed E-state index contributed by atoms with van der Waals surface area (Å²) in [6.07, 6.45) is 0.517. The Labute approximate surface area is 109 Å². The zero-order chi connectivity index (χ0) is 11.4. The van der Waals surface area contributed by atoms with Crippen LogP contribution in [0.15, 0.2) is 15.9 Å². The van der Waals surface area contributed by atoms with Gasteiger partial charge in [-0.05, 0) is 28.1 Å². The highest BCUT2D eigenvalue weighted by molar-refractivity contribution is 9.11. The van der Waals surface area contributed by atoms with Gasteiger partial charge in [0.15, 0.2) is 0 Å². The average molecular weight is 305 g/mol. The average Bonchev–Trinajstić information content (AvgIpc) is 2.65. The van der Waals surface area contributed by atoms with Crippen LogP contribution in [0, 0.1) is 0 Å². The van der Waals surface area contributed by atoms with Crippen LogP contribution in [0.1, 0.15) is 4.88 Å². The van der Waals surface area contributed by atoms with E-state index in [1.807, 2.05) is 6.07 Å². The maximum Gasteiger partial charge on any atom is 0.0715 e. The number of rotatable bonds is 4. The van der Waals surface area contributed by atoms with Crippen molar-refractivity contribution in [2.75, 3.05) is 32.7 Å². The monoisotopic (exact) mass is 304 g/mol. The fraction of sp³-hybridized carbons (Fsp3) is 0.636. The predicted octanol–water partition coefficient (Wildman–Crippen LogP) is 1.32. The van der Waals surface area contributed by atoms with Crippen LogP contribution in [0.5, 0.6) is 0 Å². The van der Waals surface area contributed by atoms with Crippen LogP contribution < -0.4 is 5.32 Å². The van der Waals surface area contributed by atoms with Gasteiger partial charge in [-0.15, -0.1) is 11.3 Å². The molecule has 2 N–H and O–H groups in total. The van der Waals surface area contributed by atoms with Crippen molar-refractivity contribution in [3.63, 3.8) is 0 Å². The lowest BCUT2D eigenvalue weighted by atomic mass is 10.2. The number of hydrogen-bond acceptors (Lipinski definition) is 4. The Hall–Kier alpha value is 0.0600. The molecule has 3 nitrogen and oxygen atoms in total. The predicted molar refractivity (Wildman–Crippen MR) is 71.0 cm³/mol. The van der Waals surface area contributed by atoms with Crippen molar-refractivity contribution in [2.24, 2.45) is 0 Å². The molecular formula is C11H17BrN2OS. The number of aliphatic hydroxyl groups is 1. The summed E-state index contributed by atoms with van der Waals surface area (Å²) in [7, 11) is 0. The highest BCUT2D eigenvalue weighted by atomic mass is 79.9. The third-order valence-corrected chi connectivity index (χ3v) is 4.39. The van der Waals surface area contributed by atoms with E-state index in [-0.39, 0.29) is 6.10 Å². The zero-order valence-corrected chi connectivity index (χ0v) is 11.6. The maximum atomic E-state index is 9.99. The first-order chi connectivity index (χ1) is 7.74. The van der Waals surface area contributed by atoms with E-state index in [9.17, 15) is 5.11 Å². The standard InChI is InChI=1S/C11H17BrN2OS/c12-11-2-1-10(16-11)7-9(15)8-14-5-3-13-4-6-14/h1-2,9,13,15H,3-8H2. The van der Waals surface area contributed by atoms with Gasteiger partial charge in [0.25, 0.3) is 0 Å². The van der Waals surface area contributed by atoms with E-state index in [4.69, 9.17) is 0 Å². The number of aliphatic hydroxyl groups excluding tert-OH is 1. The van der Waals surface area contributed by atoms with Gasteiger partial charge in [-0.1, -0.05) is 0 Å². The summed E-state index contributed by atoms with van der Waals surface area (Å²) >= 11 is 5.14. The van der Waals surface area contributed by atoms with E-state index in [0.717, 1.165) is 42.9 Å². The molecule has 1 aromatic heterocycles. The molecular weight excluding hydrogens is 288 g/mol. The number of nitrogens with one attached hydrogen (secondary N) is 1. The summed E-state index contributed by atoms with van der Waals surface area (Å²) in [6, 6.07) is 4.12. The first-order valence-corrected chi connectivity index (χ1v) is 7.20. The fourth-order valence-electron chi connectivity index (χ4n) is 1.95. The molecule has 0 bridgehead atoms. The van der Waals surface area contributed by atoms with Crippen LogP contribution in [0.4, 0.5) is 0 Å². The number of piperazine rings is 1. The van der Waals surface area contributed by atoms with Crippen LogP contribution in [0.25, 0.3) is 0 Å². The van der Waals surface area contributed by atoms with Crippen molar-refractivity contribution >= 4 is 27.3 Å². The molecule has 1 aliphatic rings. The Morgan fingerprint density at radius 3 is 2.81 bits per heavy atom. The van der Waals surface area contributed by atoms with Gasteiger partial charge >= 0.3 is 0 Å². The van der Waals surface area contributed by atoms with Crippen LogP contribution in [0.2, 0.25) is 0 Å². The molecule has 1 saturated heterocycles. The Morgan fingerprint density at radius 1 is 1.44 bits per heavy atom. The molecule has 0 aromatic carbocycles. The SMILES string of the molecule is OC(Cc1ccc(Br)s1)CN1CCNCC1. The minimum Gasteiger partial charge on any atom is -0.391 e. The number of halogens is 1. The van der Waals surface area contributed by atoms with E-state index in [1.165, 1.54) is 4.88 Å². The largest absolute Gasteiger partial charge is 0.391 e. The number of thiophene rings is 1. The molecule has 1 aliphatic heterocycles. The minimum atomic E-state index is -0.247. The van der Waals surface area contributed by atoms with Gasteiger partial charge < -0.3 is 10.4 Å². The molecule has 0 saturated carbocycles. The van der Waals surface area contributed by atoms with Crippen LogP contribution in [-0.4, -0.2) is 48.8 Å². The summed E-state index contributed by atoms with van der Waals surface area (Å²) in [5.41, 5.74) is 0. The fourth-order valence-corrected chi connectivity index (χ4v) is 3.50. The lowest BCUT2D eigenvalue weighted by Crippen LogP contribution is -2.46. The second-order valence-electron chi connectivity index (χ2n) is 4.11. The van der Waals surface area contributed by atoms with Crippen molar-refractivity contribution in [2.45, 2.75) is 12.5 Å². The molecule has 0 amide bonds. The van der Waals surface area contributed by atoms with E-state index >= 15 is 0 Å². The summed E-state index contributed by atoms with van der Waals surface area (Å²) in [5.74, 6) is 0. The Balaban J connectivity index is 1.77. The van der Waals surface area contributed by atoms with Crippen LogP contribution >= 0.6 is 27.3 Å². The smallest absolute Gasteiger partial charge is 0.0715 e. The molecule has 1 unspecified atom stereocenters. The summed E-state index contributed by atoms with van der Waals surface area (Å²) in [6.45, 7) is 4.96. The molecule has 2 heterocycles. The van der Waals surface area contributed by atoms with E-state index < -0.39 is 0 Å². The van der Waals surface area contributed by atoms with Crippen molar-refractivity contribution in [3.8, 4) is 0 Å². The Bertz CT molecular complexity index is 326. The van der Waals surface area contributed by atoms with Gasteiger partial charge in [-0.25, -0.2) is 0 Å². The summed E-state index contributed by atoms with van der Waals surface area (Å²) in [4.78, 5) is 3.57. The normalized spacial score (nSPS) is 19.9. The third kappa shape index (κ3) is 3.82. The van der Waals surface area contributed by atoms with Crippen LogP contribution in [0.3, 0.4) is 0 Å². The highest BCUT2D eigenvalue weighted by Crippen LogP contribution is 2.23. The molecule has 0 radical (unpaired) electrons. The second kappa shape index (κ2) is 6.12. The van der Waals surface area contributed by atoms with Gasteiger partial charge in [0.1, 0.15) is 0 Å². The Kier molecular flexibility index (Phi) is 4.79. The third-order valence-electron chi connectivity index (χ3n) is 2.74. The van der Waals surface area contributed by atoms with Crippen molar-refractivity contribution < 1.29 is 5.11 Å². The number of β-amino-alcohol motifs (C(OH)–C–C–N with tert-alkyl or cyclic N) is 1. The lowest BCUT2D eigenvalue weighted by molar-refractivity contribution is 0.106. The van der Waals surface area contributed by atoms with Gasteiger partial charge in [0.05, 0.1) is 9.89 Å². The summed E-state index contributed by atoms with van der Waals surface area (Å²) < 4.78 is 1.14. The molecule has 2 rings (SSSR count). The molecule has 0 spiro atoms. The molecule has 5 heteroatoms. The molecule has 1 atom stereocenters. The van der Waals surface area contributed by atoms with Gasteiger partial charge in [0, 0.05) is 44.0 Å². The zero-order valence-electron chi connectivity index (χ0n) is 9.16. The van der Waals surface area contributed by atoms with Gasteiger partial charge in [0.2, 0.25) is 0 Å². The van der Waals surface area contributed by atoms with E-state index in [0.29, 0.717) is 0 Å². The highest BCUT2D eigenvalue weighted by Gasteiger charge is 2.15. The van der Waals surface area contributed by atoms with E-state index in [1.54, 1.807) is 11.3 Å². The van der Waals surface area contributed by atoms with Crippen LogP contribution in [-0.2, 0) is 6.42 Å². The van der Waals surface area contributed by atoms with Crippen molar-refractivity contribution in [1.29, 1.82) is 0 Å². The topological polar surface area (TPSA) is 35.5 Å². The second-order valence-corrected chi connectivity index (χ2v) is 6.66.